The van der Waals surface area contributed by atoms with Crippen LogP contribution in [0.2, 0.25) is 0 Å². The van der Waals surface area contributed by atoms with Crippen molar-refractivity contribution in [2.45, 2.75) is 179 Å². The van der Waals surface area contributed by atoms with Gasteiger partial charge in [-0.15, -0.1) is 26.3 Å². The molecule has 14 nitrogen and oxygen atoms in total. The summed E-state index contributed by atoms with van der Waals surface area (Å²) in [5.41, 5.74) is -1.76. The summed E-state index contributed by atoms with van der Waals surface area (Å²) < 4.78 is 0. The van der Waals surface area contributed by atoms with Crippen LogP contribution in [0.25, 0.3) is 0 Å². The molecule has 4 aliphatic heterocycles. The Morgan fingerprint density at radius 1 is 0.571 bits per heavy atom. The molecule has 0 aromatic carbocycles. The molecule has 2 saturated heterocycles. The second-order valence-electron chi connectivity index (χ2n) is 18.5. The van der Waals surface area contributed by atoms with E-state index in [0.717, 1.165) is 76.1 Å². The van der Waals surface area contributed by atoms with Crippen molar-refractivity contribution in [3.8, 4) is 0 Å². The van der Waals surface area contributed by atoms with Gasteiger partial charge in [0, 0.05) is 73.0 Å². The lowest BCUT2D eigenvalue weighted by molar-refractivity contribution is -0.254. The summed E-state index contributed by atoms with van der Waals surface area (Å²) in [5, 5.41) is 28.8. The second kappa shape index (κ2) is 18.7. The van der Waals surface area contributed by atoms with Crippen molar-refractivity contribution in [2.24, 2.45) is 31.7 Å². The fraction of sp³-hybridized carbons (Fsp3) is 0.714. The average molecular weight is 779 g/mol. The monoisotopic (exact) mass is 779 g/mol. The van der Waals surface area contributed by atoms with Crippen molar-refractivity contribution >= 4 is 23.3 Å². The van der Waals surface area contributed by atoms with Gasteiger partial charge in [-0.2, -0.15) is 10.1 Å². The Morgan fingerprint density at radius 3 is 1.16 bits per heavy atom. The first-order chi connectivity index (χ1) is 26.2. The molecule has 314 valence electrons. The van der Waals surface area contributed by atoms with Crippen molar-refractivity contribution in [1.29, 1.82) is 0 Å². The molecule has 2 atom stereocenters. The van der Waals surface area contributed by atoms with E-state index in [9.17, 15) is 10.4 Å². The maximum absolute atomic E-state index is 11.2. The van der Waals surface area contributed by atoms with Crippen LogP contribution in [-0.2, 0) is 0 Å². The minimum absolute atomic E-state index is 0.117. The lowest BCUT2D eigenvalue weighted by atomic mass is 9.78. The van der Waals surface area contributed by atoms with Crippen LogP contribution >= 0.6 is 0 Å². The molecular formula is C42H74N12O2. The van der Waals surface area contributed by atoms with Crippen LogP contribution in [0, 0.1) is 0 Å². The van der Waals surface area contributed by atoms with E-state index in [4.69, 9.17) is 31.7 Å². The lowest BCUT2D eigenvalue weighted by Crippen LogP contribution is -2.66. The fourth-order valence-electron chi connectivity index (χ4n) is 9.43. The minimum atomic E-state index is -0.441. The first-order valence-corrected chi connectivity index (χ1v) is 20.5. The van der Waals surface area contributed by atoms with Crippen LogP contribution in [0.3, 0.4) is 0 Å². The van der Waals surface area contributed by atoms with Gasteiger partial charge in [-0.25, -0.2) is 31.7 Å². The molecule has 2 fully saturated rings. The molecule has 2 unspecified atom stereocenters. The molecule has 4 rings (SSSR count). The molecule has 6 N–H and O–H groups in total. The van der Waals surface area contributed by atoms with Crippen molar-refractivity contribution in [2.75, 3.05) is 13.1 Å². The molecule has 0 radical (unpaired) electrons. The highest BCUT2D eigenvalue weighted by Crippen LogP contribution is 2.41. The maximum atomic E-state index is 11.2. The van der Waals surface area contributed by atoms with Gasteiger partial charge >= 0.3 is 0 Å². The number of hydrogen-bond acceptors (Lipinski definition) is 14. The van der Waals surface area contributed by atoms with Crippen LogP contribution in [-0.4, -0.2) is 124 Å². The van der Waals surface area contributed by atoms with Crippen molar-refractivity contribution in [3.05, 3.63) is 50.6 Å². The number of aliphatic imine (C=N–C) groups is 4. The summed E-state index contributed by atoms with van der Waals surface area (Å²) in [4.78, 5) is 24.5. The van der Waals surface area contributed by atoms with Crippen molar-refractivity contribution < 1.29 is 10.4 Å². The SMILES string of the molecule is C=CCC1=NC(N(CCCCCCN(C2CC(C)(C)N(O)C(C)(C)C2)C2N=C(CC=C)N=C(CC=C)N2N)C2CC(C)(C)N(O)C(C)(C)C2)N(N)C(CC=C)=N1. The van der Waals surface area contributed by atoms with E-state index in [0.29, 0.717) is 37.4 Å². The Labute approximate surface area is 337 Å². The zero-order valence-electron chi connectivity index (χ0n) is 35.9. The smallest absolute Gasteiger partial charge is 0.195 e. The molecule has 0 saturated carbocycles. The summed E-state index contributed by atoms with van der Waals surface area (Å²) in [6.45, 7) is 34.1. The number of rotatable bonds is 19. The molecule has 0 aliphatic carbocycles. The Bertz CT molecular complexity index is 1380. The molecule has 0 amide bonds. The molecule has 0 spiro atoms. The normalized spacial score (nSPS) is 25.8. The van der Waals surface area contributed by atoms with E-state index in [1.54, 1.807) is 10.0 Å². The van der Waals surface area contributed by atoms with Gasteiger partial charge in [0.15, 0.2) is 12.6 Å². The highest BCUT2D eigenvalue weighted by molar-refractivity contribution is 6.00. The highest BCUT2D eigenvalue weighted by atomic mass is 16.5. The number of unbranched alkanes of at least 4 members (excludes halogenated alkanes) is 3. The summed E-state index contributed by atoms with van der Waals surface area (Å²) in [5.74, 6) is 16.5. The van der Waals surface area contributed by atoms with Gasteiger partial charge in [-0.1, -0.05) is 37.1 Å². The Balaban J connectivity index is 1.55. The average Bonchev–Trinajstić information content (AvgIpc) is 3.10. The van der Waals surface area contributed by atoms with Gasteiger partial charge in [0.2, 0.25) is 0 Å². The predicted molar refractivity (Wildman–Crippen MR) is 230 cm³/mol. The van der Waals surface area contributed by atoms with E-state index in [1.165, 1.54) is 10.1 Å². The van der Waals surface area contributed by atoms with E-state index >= 15 is 0 Å². The first-order valence-electron chi connectivity index (χ1n) is 20.5. The third-order valence-corrected chi connectivity index (χ3v) is 11.8. The number of hydrazine groups is 2. The summed E-state index contributed by atoms with van der Waals surface area (Å²) >= 11 is 0. The van der Waals surface area contributed by atoms with Crippen LogP contribution in [0.1, 0.15) is 132 Å². The van der Waals surface area contributed by atoms with Gasteiger partial charge in [-0.3, -0.25) is 19.8 Å². The minimum Gasteiger partial charge on any atom is -0.313 e. The predicted octanol–water partition coefficient (Wildman–Crippen LogP) is 6.82. The van der Waals surface area contributed by atoms with E-state index in [2.05, 4.69) is 91.5 Å². The van der Waals surface area contributed by atoms with Gasteiger partial charge in [-0.05, 0) is 93.9 Å². The van der Waals surface area contributed by atoms with Crippen LogP contribution in [0.15, 0.2) is 70.6 Å². The quantitative estimate of drug-likeness (QED) is 0.0623. The third-order valence-electron chi connectivity index (χ3n) is 11.8. The van der Waals surface area contributed by atoms with Gasteiger partial charge in [0.1, 0.15) is 23.3 Å². The summed E-state index contributed by atoms with van der Waals surface area (Å²) in [7, 11) is 0. The lowest BCUT2D eigenvalue weighted by Gasteiger charge is -2.55. The first kappa shape index (κ1) is 45.6. The number of amidine groups is 4. The van der Waals surface area contributed by atoms with Crippen LogP contribution in [0.5, 0.6) is 0 Å². The van der Waals surface area contributed by atoms with E-state index in [-0.39, 0.29) is 12.1 Å². The van der Waals surface area contributed by atoms with Crippen molar-refractivity contribution in [1.82, 2.24) is 29.9 Å². The summed E-state index contributed by atoms with van der Waals surface area (Å²) in [6.07, 6.45) is 15.5. The zero-order valence-corrected chi connectivity index (χ0v) is 35.9. The van der Waals surface area contributed by atoms with Gasteiger partial charge in [0.05, 0.1) is 0 Å². The number of hydroxylamine groups is 4. The van der Waals surface area contributed by atoms with E-state index in [1.807, 2.05) is 24.3 Å². The maximum Gasteiger partial charge on any atom is 0.195 e. The number of hydrogen-bond donors (Lipinski definition) is 4. The van der Waals surface area contributed by atoms with E-state index < -0.39 is 34.7 Å². The van der Waals surface area contributed by atoms with Crippen LogP contribution < -0.4 is 11.7 Å². The van der Waals surface area contributed by atoms with Gasteiger partial charge < -0.3 is 10.4 Å². The molecule has 14 heteroatoms. The molecule has 56 heavy (non-hydrogen) atoms. The zero-order chi connectivity index (χ0) is 41.6. The molecule has 0 aromatic rings. The fourth-order valence-corrected chi connectivity index (χ4v) is 9.43. The topological polar surface area (TPSA) is 161 Å². The standard InChI is InChI=1S/C42H74N12O2/c1-13-21-33-45-35(23-15-3)51(43)37(47-33)49(31-27-39(5,6)53(55)40(7,8)28-31)25-19-17-18-20-26-50(32-29-41(9,10)54(56)42(11,12)30-32)38-48-34(22-14-2)46-36(24-16-4)52(38)44/h13-16,31-32,37-38,55-56H,1-4,17-30,43-44H2,5-12H3. The van der Waals surface area contributed by atoms with Crippen LogP contribution in [0.4, 0.5) is 0 Å². The third kappa shape index (κ3) is 10.5. The molecule has 4 heterocycles. The molecular weight excluding hydrogens is 705 g/mol. The molecule has 4 aliphatic rings. The Hall–Kier alpha value is -3.08. The Morgan fingerprint density at radius 2 is 0.875 bits per heavy atom. The molecule has 0 aromatic heterocycles. The van der Waals surface area contributed by atoms with Gasteiger partial charge in [0.25, 0.3) is 0 Å². The summed E-state index contributed by atoms with van der Waals surface area (Å²) in [6, 6.07) is 0.235. The number of piperidine rings is 2. The number of nitrogens with zero attached hydrogens (tertiary/aromatic N) is 10. The highest BCUT2D eigenvalue weighted by Gasteiger charge is 2.50. The largest absolute Gasteiger partial charge is 0.313 e. The van der Waals surface area contributed by atoms with Crippen molar-refractivity contribution in [3.63, 3.8) is 0 Å². The number of nitrogens with two attached hydrogens (primary N) is 2. The second-order valence-corrected chi connectivity index (χ2v) is 18.5. The Kier molecular flexibility index (Phi) is 15.2. The molecule has 0 bridgehead atoms.